The van der Waals surface area contributed by atoms with Gasteiger partial charge in [0, 0.05) is 30.1 Å². The van der Waals surface area contributed by atoms with Crippen molar-refractivity contribution in [1.82, 2.24) is 20.0 Å². The summed E-state index contributed by atoms with van der Waals surface area (Å²) >= 11 is 7.31. The van der Waals surface area contributed by atoms with E-state index in [0.717, 1.165) is 33.9 Å². The van der Waals surface area contributed by atoms with Gasteiger partial charge in [0.15, 0.2) is 5.15 Å². The van der Waals surface area contributed by atoms with Gasteiger partial charge in [-0.05, 0) is 43.2 Å². The standard InChI is InChI=1S/C28H22ClF3N4O3S/c1-15-23(35(2)34-24(15)29)17-12-22(40-14-17)25(37)33-19(11-16-6-5-7-18(10-16)28(30,31)32)13-36-26(38)20-8-3-4-9-21(20)27(36)39/h3-10,12,14,19H,11,13H2,1-2H3,(H,33,37)/t19-/m0/s1. The van der Waals surface area contributed by atoms with Gasteiger partial charge in [-0.2, -0.15) is 18.3 Å². The summed E-state index contributed by atoms with van der Waals surface area (Å²) in [5.41, 5.74) is 2.17. The van der Waals surface area contributed by atoms with Crippen LogP contribution in [0.4, 0.5) is 13.2 Å². The lowest BCUT2D eigenvalue weighted by molar-refractivity contribution is -0.137. The zero-order valence-electron chi connectivity index (χ0n) is 21.3. The summed E-state index contributed by atoms with van der Waals surface area (Å²) < 4.78 is 41.6. The number of carbonyl (C=O) groups excluding carboxylic acids is 3. The van der Waals surface area contributed by atoms with E-state index in [2.05, 4.69) is 10.4 Å². The highest BCUT2D eigenvalue weighted by atomic mass is 35.5. The van der Waals surface area contributed by atoms with E-state index in [1.165, 1.54) is 35.6 Å². The second-order valence-corrected chi connectivity index (χ2v) is 10.7. The van der Waals surface area contributed by atoms with Crippen LogP contribution in [-0.4, -0.2) is 45.0 Å². The van der Waals surface area contributed by atoms with E-state index in [1.807, 2.05) is 6.92 Å². The average molecular weight is 587 g/mol. The molecule has 5 rings (SSSR count). The molecule has 0 saturated carbocycles. The van der Waals surface area contributed by atoms with E-state index in [9.17, 15) is 27.6 Å². The van der Waals surface area contributed by atoms with Crippen LogP contribution in [0, 0.1) is 6.92 Å². The molecule has 3 amide bonds. The quantitative estimate of drug-likeness (QED) is 0.279. The molecule has 0 saturated heterocycles. The molecule has 206 valence electrons. The Hall–Kier alpha value is -3.96. The molecule has 1 aliphatic heterocycles. The van der Waals surface area contributed by atoms with Crippen molar-refractivity contribution in [3.05, 3.63) is 97.8 Å². The lowest BCUT2D eigenvalue weighted by atomic mass is 10.0. The zero-order chi connectivity index (χ0) is 28.8. The number of fused-ring (bicyclic) bond motifs is 1. The van der Waals surface area contributed by atoms with E-state index in [0.29, 0.717) is 15.6 Å². The Kier molecular flexibility index (Phi) is 7.28. The molecular formula is C28H22ClF3N4O3S. The summed E-state index contributed by atoms with van der Waals surface area (Å²) in [6.07, 6.45) is -4.59. The Balaban J connectivity index is 1.42. The molecule has 0 fully saturated rings. The SMILES string of the molecule is Cc1c(Cl)nn(C)c1-c1csc(C(=O)N[C@@H](Cc2cccc(C(F)(F)F)c2)CN2C(=O)c3ccccc3C2=O)c1. The third-order valence-electron chi connectivity index (χ3n) is 6.68. The number of hydrogen-bond acceptors (Lipinski definition) is 5. The number of nitrogens with one attached hydrogen (secondary N) is 1. The minimum atomic E-state index is -4.54. The maximum Gasteiger partial charge on any atom is 0.416 e. The van der Waals surface area contributed by atoms with Gasteiger partial charge in [0.2, 0.25) is 0 Å². The summed E-state index contributed by atoms with van der Waals surface area (Å²) in [5, 5.41) is 9.14. The summed E-state index contributed by atoms with van der Waals surface area (Å²) in [5.74, 6) is -1.53. The number of rotatable bonds is 7. The van der Waals surface area contributed by atoms with Crippen LogP contribution in [-0.2, 0) is 19.6 Å². The van der Waals surface area contributed by atoms with Crippen LogP contribution in [0.1, 0.15) is 47.1 Å². The van der Waals surface area contributed by atoms with Gasteiger partial charge in [-0.25, -0.2) is 0 Å². The molecule has 1 N–H and O–H groups in total. The number of aromatic nitrogens is 2. The highest BCUT2D eigenvalue weighted by Crippen LogP contribution is 2.32. The van der Waals surface area contributed by atoms with Gasteiger partial charge in [-0.1, -0.05) is 41.9 Å². The van der Waals surface area contributed by atoms with Crippen molar-refractivity contribution >= 4 is 40.7 Å². The van der Waals surface area contributed by atoms with Gasteiger partial charge < -0.3 is 5.32 Å². The fraction of sp³-hybridized carbons (Fsp3) is 0.214. The Morgan fingerprint density at radius 2 is 1.75 bits per heavy atom. The van der Waals surface area contributed by atoms with Gasteiger partial charge in [-0.15, -0.1) is 11.3 Å². The lowest BCUT2D eigenvalue weighted by Crippen LogP contribution is -2.46. The number of halogens is 4. The molecule has 1 atom stereocenters. The number of nitrogens with zero attached hydrogens (tertiary/aromatic N) is 3. The Bertz CT molecular complexity index is 1610. The van der Waals surface area contributed by atoms with Crippen LogP contribution >= 0.6 is 22.9 Å². The summed E-state index contributed by atoms with van der Waals surface area (Å²) in [7, 11) is 1.73. The van der Waals surface area contributed by atoms with Gasteiger partial charge in [-0.3, -0.25) is 24.0 Å². The number of aryl methyl sites for hydroxylation is 1. The highest BCUT2D eigenvalue weighted by Gasteiger charge is 2.37. The van der Waals surface area contributed by atoms with Crippen LogP contribution in [0.25, 0.3) is 11.3 Å². The van der Waals surface area contributed by atoms with Gasteiger partial charge in [0.1, 0.15) is 0 Å². The molecule has 0 unspecified atom stereocenters. The first-order valence-corrected chi connectivity index (χ1v) is 13.4. The number of hydrogen-bond donors (Lipinski definition) is 1. The first-order chi connectivity index (χ1) is 18.9. The first-order valence-electron chi connectivity index (χ1n) is 12.1. The van der Waals surface area contributed by atoms with Gasteiger partial charge in [0.25, 0.3) is 17.7 Å². The second-order valence-electron chi connectivity index (χ2n) is 9.43. The van der Waals surface area contributed by atoms with Crippen LogP contribution in [0.15, 0.2) is 60.0 Å². The van der Waals surface area contributed by atoms with Gasteiger partial charge >= 0.3 is 6.18 Å². The monoisotopic (exact) mass is 586 g/mol. The minimum Gasteiger partial charge on any atom is -0.346 e. The molecule has 0 radical (unpaired) electrons. The molecule has 0 aliphatic carbocycles. The van der Waals surface area contributed by atoms with Gasteiger partial charge in [0.05, 0.1) is 33.3 Å². The summed E-state index contributed by atoms with van der Waals surface area (Å²) in [6.45, 7) is 1.60. The van der Waals surface area contributed by atoms with Crippen LogP contribution in [0.3, 0.4) is 0 Å². The largest absolute Gasteiger partial charge is 0.416 e. The normalized spacial score (nSPS) is 14.0. The van der Waals surface area contributed by atoms with E-state index < -0.39 is 35.5 Å². The molecule has 3 heterocycles. The van der Waals surface area contributed by atoms with Crippen LogP contribution < -0.4 is 5.32 Å². The maximum atomic E-state index is 13.3. The number of carbonyl (C=O) groups is 3. The minimum absolute atomic E-state index is 0.0439. The maximum absolute atomic E-state index is 13.3. The third-order valence-corrected chi connectivity index (χ3v) is 7.96. The summed E-state index contributed by atoms with van der Waals surface area (Å²) in [6, 6.07) is 11.9. The number of alkyl halides is 3. The Morgan fingerprint density at radius 3 is 2.35 bits per heavy atom. The molecule has 2 aromatic carbocycles. The lowest BCUT2D eigenvalue weighted by Gasteiger charge is -2.24. The molecule has 4 aromatic rings. The van der Waals surface area contributed by atoms with Crippen LogP contribution in [0.5, 0.6) is 0 Å². The van der Waals surface area contributed by atoms with Crippen molar-refractivity contribution in [2.24, 2.45) is 7.05 Å². The van der Waals surface area contributed by atoms with Crippen molar-refractivity contribution in [1.29, 1.82) is 0 Å². The zero-order valence-corrected chi connectivity index (χ0v) is 22.8. The Labute approximate surface area is 236 Å². The first kappa shape index (κ1) is 27.6. The van der Waals surface area contributed by atoms with E-state index in [-0.39, 0.29) is 24.1 Å². The number of benzene rings is 2. The molecule has 12 heteroatoms. The smallest absolute Gasteiger partial charge is 0.346 e. The second kappa shape index (κ2) is 10.5. The molecule has 40 heavy (non-hydrogen) atoms. The van der Waals surface area contributed by atoms with Crippen LogP contribution in [0.2, 0.25) is 5.15 Å². The molecule has 0 bridgehead atoms. The van der Waals surface area contributed by atoms with E-state index in [1.54, 1.807) is 35.3 Å². The van der Waals surface area contributed by atoms with Crippen molar-refractivity contribution < 1.29 is 27.6 Å². The van der Waals surface area contributed by atoms with Crippen molar-refractivity contribution in [3.63, 3.8) is 0 Å². The predicted octanol–water partition coefficient (Wildman–Crippen LogP) is 5.77. The van der Waals surface area contributed by atoms with Crippen molar-refractivity contribution in [2.75, 3.05) is 6.54 Å². The summed E-state index contributed by atoms with van der Waals surface area (Å²) in [4.78, 5) is 40.7. The predicted molar refractivity (Wildman–Crippen MR) is 144 cm³/mol. The topological polar surface area (TPSA) is 84.3 Å². The van der Waals surface area contributed by atoms with Crippen molar-refractivity contribution in [3.8, 4) is 11.3 Å². The molecule has 2 aromatic heterocycles. The molecule has 7 nitrogen and oxygen atoms in total. The van der Waals surface area contributed by atoms with E-state index >= 15 is 0 Å². The average Bonchev–Trinajstić information content (AvgIpc) is 3.55. The Morgan fingerprint density at radius 1 is 1.07 bits per heavy atom. The third kappa shape index (κ3) is 5.26. The number of thiophene rings is 1. The highest BCUT2D eigenvalue weighted by molar-refractivity contribution is 7.12. The van der Waals surface area contributed by atoms with Crippen molar-refractivity contribution in [2.45, 2.75) is 25.6 Å². The number of amides is 3. The fourth-order valence-corrected chi connectivity index (χ4v) is 5.78. The molecular weight excluding hydrogens is 565 g/mol. The number of imide groups is 1. The molecule has 0 spiro atoms. The van der Waals surface area contributed by atoms with E-state index in [4.69, 9.17) is 11.6 Å². The fourth-order valence-electron chi connectivity index (χ4n) is 4.78. The molecule has 1 aliphatic rings.